The van der Waals surface area contributed by atoms with Crippen molar-refractivity contribution in [2.45, 2.75) is 11.8 Å². The minimum atomic E-state index is 1.29. The molecule has 0 radical (unpaired) electrons. The summed E-state index contributed by atoms with van der Waals surface area (Å²) in [4.78, 5) is 1.31. The summed E-state index contributed by atoms with van der Waals surface area (Å²) in [5, 5.41) is 0. The number of hydrogen-bond donors (Lipinski definition) is 0. The molecule has 0 aliphatic carbocycles. The fraction of sp³-hybridized carbons (Fsp3) is 0.143. The molecule has 0 aromatic heterocycles. The highest BCUT2D eigenvalue weighted by molar-refractivity contribution is 8.76. The van der Waals surface area contributed by atoms with Gasteiger partial charge in [0.25, 0.3) is 0 Å². The zero-order valence-corrected chi connectivity index (χ0v) is 11.1. The molecule has 0 N–H and O–H groups in total. The quantitative estimate of drug-likeness (QED) is 0.696. The maximum absolute atomic E-state index is 2.24. The van der Waals surface area contributed by atoms with Crippen molar-refractivity contribution in [3.8, 4) is 11.1 Å². The number of hydrogen-bond acceptors (Lipinski definition) is 2. The molecule has 0 bridgehead atoms. The Morgan fingerprint density at radius 1 is 0.875 bits per heavy atom. The van der Waals surface area contributed by atoms with Crippen LogP contribution in [0.5, 0.6) is 0 Å². The standard InChI is InChI=1S/C14H14S2/c1-11-6-8-12(9-7-11)13-4-3-5-14(10-13)16-15-2/h3-10H,1-2H3. The van der Waals surface area contributed by atoms with E-state index in [4.69, 9.17) is 0 Å². The molecule has 0 atom stereocenters. The van der Waals surface area contributed by atoms with Gasteiger partial charge in [-0.25, -0.2) is 0 Å². The van der Waals surface area contributed by atoms with Gasteiger partial charge in [0.15, 0.2) is 0 Å². The van der Waals surface area contributed by atoms with E-state index in [-0.39, 0.29) is 0 Å². The van der Waals surface area contributed by atoms with Gasteiger partial charge in [0.2, 0.25) is 0 Å². The van der Waals surface area contributed by atoms with Crippen molar-refractivity contribution in [1.82, 2.24) is 0 Å². The maximum atomic E-state index is 2.24. The molecule has 0 aliphatic rings. The third kappa shape index (κ3) is 2.83. The molecule has 16 heavy (non-hydrogen) atoms. The number of aryl methyl sites for hydroxylation is 1. The van der Waals surface area contributed by atoms with Gasteiger partial charge in [0.1, 0.15) is 0 Å². The van der Waals surface area contributed by atoms with Crippen LogP contribution in [-0.4, -0.2) is 6.26 Å². The van der Waals surface area contributed by atoms with Gasteiger partial charge in [-0.1, -0.05) is 63.5 Å². The molecule has 0 saturated carbocycles. The van der Waals surface area contributed by atoms with Gasteiger partial charge in [-0.15, -0.1) is 0 Å². The van der Waals surface area contributed by atoms with E-state index in [0.29, 0.717) is 0 Å². The Balaban J connectivity index is 2.32. The molecule has 0 nitrogen and oxygen atoms in total. The van der Waals surface area contributed by atoms with E-state index < -0.39 is 0 Å². The molecular weight excluding hydrogens is 232 g/mol. The van der Waals surface area contributed by atoms with Crippen LogP contribution >= 0.6 is 21.6 Å². The van der Waals surface area contributed by atoms with E-state index in [1.807, 2.05) is 0 Å². The zero-order chi connectivity index (χ0) is 11.4. The fourth-order valence-corrected chi connectivity index (χ4v) is 2.96. The van der Waals surface area contributed by atoms with E-state index in [0.717, 1.165) is 0 Å². The minimum absolute atomic E-state index is 1.29. The highest BCUT2D eigenvalue weighted by Crippen LogP contribution is 2.31. The summed E-state index contributed by atoms with van der Waals surface area (Å²) >= 11 is 0. The highest BCUT2D eigenvalue weighted by Gasteiger charge is 1.99. The average Bonchev–Trinajstić information content (AvgIpc) is 2.31. The van der Waals surface area contributed by atoms with Crippen LogP contribution in [0.25, 0.3) is 11.1 Å². The topological polar surface area (TPSA) is 0 Å². The Bertz CT molecular complexity index is 460. The first-order chi connectivity index (χ1) is 7.79. The molecule has 0 saturated heterocycles. The number of benzene rings is 2. The van der Waals surface area contributed by atoms with Crippen LogP contribution in [0.4, 0.5) is 0 Å². The van der Waals surface area contributed by atoms with Crippen LogP contribution < -0.4 is 0 Å². The van der Waals surface area contributed by atoms with Crippen LogP contribution in [0.2, 0.25) is 0 Å². The Labute approximate surface area is 105 Å². The lowest BCUT2D eigenvalue weighted by molar-refractivity contribution is 1.44. The Hall–Kier alpha value is -0.860. The van der Waals surface area contributed by atoms with E-state index in [1.54, 1.807) is 21.6 Å². The summed E-state index contributed by atoms with van der Waals surface area (Å²) in [6, 6.07) is 17.3. The molecule has 0 aliphatic heterocycles. The molecule has 2 rings (SSSR count). The lowest BCUT2D eigenvalue weighted by Gasteiger charge is -2.04. The van der Waals surface area contributed by atoms with Gasteiger partial charge >= 0.3 is 0 Å². The monoisotopic (exact) mass is 246 g/mol. The molecule has 0 amide bonds. The molecule has 0 fully saturated rings. The molecular formula is C14H14S2. The zero-order valence-electron chi connectivity index (χ0n) is 9.44. The summed E-state index contributed by atoms with van der Waals surface area (Å²) in [5.74, 6) is 0. The van der Waals surface area contributed by atoms with Gasteiger partial charge in [0.05, 0.1) is 0 Å². The van der Waals surface area contributed by atoms with Gasteiger partial charge in [-0.05, 0) is 36.4 Å². The van der Waals surface area contributed by atoms with Crippen LogP contribution in [-0.2, 0) is 0 Å². The minimum Gasteiger partial charge on any atom is -0.0924 e. The van der Waals surface area contributed by atoms with Crippen molar-refractivity contribution in [3.05, 3.63) is 54.1 Å². The summed E-state index contributed by atoms with van der Waals surface area (Å²) in [5.41, 5.74) is 3.88. The predicted octanol–water partition coefficient (Wildman–Crippen LogP) is 5.03. The smallest absolute Gasteiger partial charge is 0.0188 e. The average molecular weight is 246 g/mol. The molecule has 0 spiro atoms. The van der Waals surface area contributed by atoms with E-state index in [9.17, 15) is 0 Å². The SMILES string of the molecule is CSSc1cccc(-c2ccc(C)cc2)c1. The predicted molar refractivity (Wildman–Crippen MR) is 76.0 cm³/mol. The lowest BCUT2D eigenvalue weighted by Crippen LogP contribution is -1.79. The largest absolute Gasteiger partial charge is 0.0924 e. The van der Waals surface area contributed by atoms with E-state index in [1.165, 1.54) is 21.6 Å². The van der Waals surface area contributed by atoms with Crippen LogP contribution in [0, 0.1) is 6.92 Å². The van der Waals surface area contributed by atoms with Crippen molar-refractivity contribution in [2.24, 2.45) is 0 Å². The van der Waals surface area contributed by atoms with E-state index >= 15 is 0 Å². The number of rotatable bonds is 3. The van der Waals surface area contributed by atoms with Crippen molar-refractivity contribution in [2.75, 3.05) is 6.26 Å². The van der Waals surface area contributed by atoms with Crippen molar-refractivity contribution < 1.29 is 0 Å². The Morgan fingerprint density at radius 3 is 2.31 bits per heavy atom. The van der Waals surface area contributed by atoms with Crippen LogP contribution in [0.1, 0.15) is 5.56 Å². The van der Waals surface area contributed by atoms with Crippen molar-refractivity contribution in [3.63, 3.8) is 0 Å². The first kappa shape index (κ1) is 11.6. The lowest BCUT2D eigenvalue weighted by atomic mass is 10.0. The molecule has 0 unspecified atom stereocenters. The summed E-state index contributed by atoms with van der Waals surface area (Å²) in [7, 11) is 3.58. The fourth-order valence-electron chi connectivity index (χ4n) is 1.57. The first-order valence-electron chi connectivity index (χ1n) is 5.17. The summed E-state index contributed by atoms with van der Waals surface area (Å²) in [6.45, 7) is 2.11. The molecule has 2 aromatic carbocycles. The molecule has 2 heteroatoms. The Kier molecular flexibility index (Phi) is 3.97. The molecule has 82 valence electrons. The van der Waals surface area contributed by atoms with Gasteiger partial charge in [0, 0.05) is 4.90 Å². The first-order valence-corrected chi connectivity index (χ1v) is 7.73. The Morgan fingerprint density at radius 2 is 1.62 bits per heavy atom. The molecule has 2 aromatic rings. The third-order valence-electron chi connectivity index (χ3n) is 2.40. The van der Waals surface area contributed by atoms with Crippen molar-refractivity contribution >= 4 is 21.6 Å². The maximum Gasteiger partial charge on any atom is 0.0188 e. The van der Waals surface area contributed by atoms with Crippen molar-refractivity contribution in [1.29, 1.82) is 0 Å². The van der Waals surface area contributed by atoms with Gasteiger partial charge < -0.3 is 0 Å². The van der Waals surface area contributed by atoms with Gasteiger partial charge in [-0.3, -0.25) is 0 Å². The second-order valence-corrected chi connectivity index (χ2v) is 6.12. The van der Waals surface area contributed by atoms with Crippen LogP contribution in [0.15, 0.2) is 53.4 Å². The second kappa shape index (κ2) is 5.46. The normalized spacial score (nSPS) is 10.4. The second-order valence-electron chi connectivity index (χ2n) is 3.64. The highest BCUT2D eigenvalue weighted by atomic mass is 33.1. The third-order valence-corrected chi connectivity index (χ3v) is 4.09. The van der Waals surface area contributed by atoms with Gasteiger partial charge in [-0.2, -0.15) is 0 Å². The molecule has 0 heterocycles. The summed E-state index contributed by atoms with van der Waals surface area (Å²) < 4.78 is 0. The van der Waals surface area contributed by atoms with Crippen LogP contribution in [0.3, 0.4) is 0 Å². The van der Waals surface area contributed by atoms with E-state index in [2.05, 4.69) is 61.7 Å². The summed E-state index contributed by atoms with van der Waals surface area (Å²) in [6.07, 6.45) is 2.10.